The van der Waals surface area contributed by atoms with Gasteiger partial charge in [-0.1, -0.05) is 42.5 Å². The lowest BCUT2D eigenvalue weighted by Gasteiger charge is -2.28. The average molecular weight is 556 g/mol. The summed E-state index contributed by atoms with van der Waals surface area (Å²) in [5.74, 6) is -1.21. The number of para-hydroxylation sites is 1. The Kier molecular flexibility index (Phi) is 8.76. The van der Waals surface area contributed by atoms with Gasteiger partial charge in [0, 0.05) is 35.4 Å². The average Bonchev–Trinajstić information content (AvgIpc) is 2.98. The molecule has 4 N–H and O–H groups in total. The summed E-state index contributed by atoms with van der Waals surface area (Å²) in [7, 11) is 0. The molecule has 1 aliphatic heterocycles. The van der Waals surface area contributed by atoms with Crippen LogP contribution in [0.1, 0.15) is 56.7 Å². The van der Waals surface area contributed by atoms with Crippen LogP contribution in [0.4, 0.5) is 21.9 Å². The largest absolute Gasteiger partial charge is 0.350 e. The first-order chi connectivity index (χ1) is 19.4. The van der Waals surface area contributed by atoms with Gasteiger partial charge in [-0.2, -0.15) is 0 Å². The van der Waals surface area contributed by atoms with Gasteiger partial charge in [-0.05, 0) is 81.1 Å². The van der Waals surface area contributed by atoms with E-state index in [9.17, 15) is 19.2 Å². The highest BCUT2D eigenvalue weighted by Gasteiger charge is 2.37. The van der Waals surface area contributed by atoms with Crippen molar-refractivity contribution in [3.63, 3.8) is 0 Å². The fraction of sp³-hybridized carbons (Fsp3) is 0.312. The van der Waals surface area contributed by atoms with Crippen LogP contribution in [0.2, 0.25) is 0 Å². The molecule has 1 aliphatic rings. The summed E-state index contributed by atoms with van der Waals surface area (Å²) in [6, 6.07) is 20.8. The first kappa shape index (κ1) is 29.3. The molecule has 3 aromatic carbocycles. The third-order valence-corrected chi connectivity index (χ3v) is 6.65. The van der Waals surface area contributed by atoms with Crippen LogP contribution in [-0.2, 0) is 14.4 Å². The lowest BCUT2D eigenvalue weighted by molar-refractivity contribution is -0.125. The molecule has 3 aromatic rings. The molecule has 0 aromatic heterocycles. The molecule has 5 amide bonds. The van der Waals surface area contributed by atoms with Crippen LogP contribution in [0, 0.1) is 6.92 Å². The van der Waals surface area contributed by atoms with Crippen molar-refractivity contribution >= 4 is 40.8 Å². The summed E-state index contributed by atoms with van der Waals surface area (Å²) >= 11 is 0. The van der Waals surface area contributed by atoms with Crippen LogP contribution in [0.3, 0.4) is 0 Å². The molecule has 0 spiro atoms. The van der Waals surface area contributed by atoms with Crippen LogP contribution in [-0.4, -0.2) is 41.9 Å². The van der Waals surface area contributed by atoms with E-state index >= 15 is 0 Å². The Balaban J connectivity index is 1.73. The standard InChI is InChI=1S/C32H37N5O4/c1-20-10-8-12-23(16-20)34-31(41)35-27-18-26(22-11-9-13-24(17-22)33-21(2)38)25-14-6-7-15-28(25)37(30(27)40)19-29(39)36-32(3,4)5/h6-17,26-27H,18-19H2,1-5H3,(H,33,38)(H,36,39)(H2,34,35,41). The zero-order valence-electron chi connectivity index (χ0n) is 24.1. The number of carbonyl (C=O) groups is 4. The lowest BCUT2D eigenvalue weighted by atomic mass is 9.86. The predicted molar refractivity (Wildman–Crippen MR) is 161 cm³/mol. The van der Waals surface area contributed by atoms with E-state index in [0.717, 1.165) is 16.7 Å². The van der Waals surface area contributed by atoms with Gasteiger partial charge in [0.05, 0.1) is 0 Å². The van der Waals surface area contributed by atoms with Crippen molar-refractivity contribution in [2.45, 2.75) is 58.5 Å². The van der Waals surface area contributed by atoms with Crippen molar-refractivity contribution < 1.29 is 19.2 Å². The Morgan fingerprint density at radius 1 is 0.902 bits per heavy atom. The molecule has 2 unspecified atom stereocenters. The smallest absolute Gasteiger partial charge is 0.319 e. The molecule has 0 saturated heterocycles. The maximum Gasteiger partial charge on any atom is 0.319 e. The van der Waals surface area contributed by atoms with E-state index in [1.165, 1.54) is 11.8 Å². The SMILES string of the molecule is CC(=O)Nc1cccc(C2CC(NC(=O)Nc3cccc(C)c3)C(=O)N(CC(=O)NC(C)(C)C)c3ccccc32)c1. The zero-order chi connectivity index (χ0) is 29.7. The number of fused-ring (bicyclic) bond motifs is 1. The van der Waals surface area contributed by atoms with Gasteiger partial charge < -0.3 is 26.2 Å². The molecular weight excluding hydrogens is 518 g/mol. The van der Waals surface area contributed by atoms with Gasteiger partial charge in [0.2, 0.25) is 17.7 Å². The second-order valence-electron chi connectivity index (χ2n) is 11.4. The van der Waals surface area contributed by atoms with Gasteiger partial charge in [0.15, 0.2) is 0 Å². The van der Waals surface area contributed by atoms with E-state index in [2.05, 4.69) is 21.3 Å². The summed E-state index contributed by atoms with van der Waals surface area (Å²) in [4.78, 5) is 53.5. The zero-order valence-corrected chi connectivity index (χ0v) is 24.1. The number of anilines is 3. The van der Waals surface area contributed by atoms with Crippen molar-refractivity contribution in [1.82, 2.24) is 10.6 Å². The van der Waals surface area contributed by atoms with E-state index < -0.39 is 17.6 Å². The Labute approximate surface area is 240 Å². The number of benzene rings is 3. The van der Waals surface area contributed by atoms with Crippen molar-refractivity contribution in [1.29, 1.82) is 0 Å². The number of nitrogens with zero attached hydrogens (tertiary/aromatic N) is 1. The van der Waals surface area contributed by atoms with Gasteiger partial charge in [0.25, 0.3) is 0 Å². The number of urea groups is 1. The summed E-state index contributed by atoms with van der Waals surface area (Å²) in [6.45, 7) is 8.79. The summed E-state index contributed by atoms with van der Waals surface area (Å²) in [6.07, 6.45) is 0.248. The molecular formula is C32H37N5O4. The van der Waals surface area contributed by atoms with Crippen molar-refractivity contribution in [2.75, 3.05) is 22.1 Å². The number of hydrogen-bond donors (Lipinski definition) is 4. The Hall–Kier alpha value is -4.66. The fourth-order valence-corrected chi connectivity index (χ4v) is 5.08. The van der Waals surface area contributed by atoms with E-state index in [0.29, 0.717) is 17.1 Å². The van der Waals surface area contributed by atoms with Crippen LogP contribution in [0.5, 0.6) is 0 Å². The highest BCUT2D eigenvalue weighted by Crippen LogP contribution is 2.39. The summed E-state index contributed by atoms with van der Waals surface area (Å²) < 4.78 is 0. The number of carbonyl (C=O) groups excluding carboxylic acids is 4. The van der Waals surface area contributed by atoms with E-state index in [1.807, 2.05) is 88.4 Å². The van der Waals surface area contributed by atoms with Crippen LogP contribution in [0.25, 0.3) is 0 Å². The Morgan fingerprint density at radius 3 is 2.27 bits per heavy atom. The molecule has 4 rings (SSSR count). The molecule has 0 aliphatic carbocycles. The minimum Gasteiger partial charge on any atom is -0.350 e. The molecule has 9 nitrogen and oxygen atoms in total. The molecule has 0 bridgehead atoms. The molecule has 0 radical (unpaired) electrons. The second-order valence-corrected chi connectivity index (χ2v) is 11.4. The minimum absolute atomic E-state index is 0.193. The fourth-order valence-electron chi connectivity index (χ4n) is 5.08. The van der Waals surface area contributed by atoms with Crippen molar-refractivity contribution in [2.24, 2.45) is 0 Å². The first-order valence-electron chi connectivity index (χ1n) is 13.6. The maximum atomic E-state index is 14.1. The second kappa shape index (κ2) is 12.2. The molecule has 2 atom stereocenters. The molecule has 0 fully saturated rings. The third-order valence-electron chi connectivity index (χ3n) is 6.65. The highest BCUT2D eigenvalue weighted by molar-refractivity contribution is 6.05. The topological polar surface area (TPSA) is 120 Å². The molecule has 214 valence electrons. The maximum absolute atomic E-state index is 14.1. The van der Waals surface area contributed by atoms with Crippen LogP contribution in [0.15, 0.2) is 72.8 Å². The van der Waals surface area contributed by atoms with Gasteiger partial charge in [-0.15, -0.1) is 0 Å². The highest BCUT2D eigenvalue weighted by atomic mass is 16.2. The molecule has 41 heavy (non-hydrogen) atoms. The van der Waals surface area contributed by atoms with Crippen molar-refractivity contribution in [3.8, 4) is 0 Å². The van der Waals surface area contributed by atoms with E-state index in [-0.39, 0.29) is 36.6 Å². The first-order valence-corrected chi connectivity index (χ1v) is 13.6. The van der Waals surface area contributed by atoms with Crippen LogP contribution < -0.4 is 26.2 Å². The number of rotatable bonds is 6. The van der Waals surface area contributed by atoms with Crippen LogP contribution >= 0.6 is 0 Å². The lowest BCUT2D eigenvalue weighted by Crippen LogP contribution is -2.53. The normalized spacial score (nSPS) is 16.7. The van der Waals surface area contributed by atoms with Crippen molar-refractivity contribution in [3.05, 3.63) is 89.5 Å². The third kappa shape index (κ3) is 7.72. The monoisotopic (exact) mass is 555 g/mol. The van der Waals surface area contributed by atoms with Gasteiger partial charge in [0.1, 0.15) is 12.6 Å². The number of amides is 5. The van der Waals surface area contributed by atoms with E-state index in [1.54, 1.807) is 12.1 Å². The Morgan fingerprint density at radius 2 is 1.59 bits per heavy atom. The number of hydrogen-bond acceptors (Lipinski definition) is 4. The Bertz CT molecular complexity index is 1460. The number of aryl methyl sites for hydroxylation is 1. The summed E-state index contributed by atoms with van der Waals surface area (Å²) in [5.41, 5.74) is 4.04. The number of nitrogens with one attached hydrogen (secondary N) is 4. The predicted octanol–water partition coefficient (Wildman–Crippen LogP) is 4.93. The van der Waals surface area contributed by atoms with Gasteiger partial charge >= 0.3 is 6.03 Å². The molecule has 9 heteroatoms. The summed E-state index contributed by atoms with van der Waals surface area (Å²) in [5, 5.41) is 11.4. The molecule has 0 saturated carbocycles. The molecule has 1 heterocycles. The van der Waals surface area contributed by atoms with Gasteiger partial charge in [-0.25, -0.2) is 4.79 Å². The quantitative estimate of drug-likeness (QED) is 0.345. The van der Waals surface area contributed by atoms with Gasteiger partial charge in [-0.3, -0.25) is 14.4 Å². The van der Waals surface area contributed by atoms with E-state index in [4.69, 9.17) is 0 Å². The minimum atomic E-state index is -0.941.